The van der Waals surface area contributed by atoms with Gasteiger partial charge in [0.15, 0.2) is 0 Å². The van der Waals surface area contributed by atoms with E-state index in [2.05, 4.69) is 21.7 Å². The molecule has 0 aromatic carbocycles. The second-order valence-electron chi connectivity index (χ2n) is 6.58. The van der Waals surface area contributed by atoms with Crippen LogP contribution in [0.5, 0.6) is 0 Å². The van der Waals surface area contributed by atoms with E-state index >= 15 is 0 Å². The first-order valence-corrected chi connectivity index (χ1v) is 9.02. The molecule has 0 unspecified atom stereocenters. The Bertz CT molecular complexity index is 517. The summed E-state index contributed by atoms with van der Waals surface area (Å²) in [5.41, 5.74) is 1.50. The molecule has 3 aliphatic rings. The van der Waals surface area contributed by atoms with Crippen molar-refractivity contribution in [3.63, 3.8) is 0 Å². The van der Waals surface area contributed by atoms with Gasteiger partial charge in [-0.15, -0.1) is 11.3 Å². The van der Waals surface area contributed by atoms with Crippen LogP contribution in [0.4, 0.5) is 4.79 Å². The summed E-state index contributed by atoms with van der Waals surface area (Å²) < 4.78 is 0. The lowest BCUT2D eigenvalue weighted by Crippen LogP contribution is -2.63. The molecule has 1 aromatic heterocycles. The minimum Gasteiger partial charge on any atom is -0.335 e. The van der Waals surface area contributed by atoms with Gasteiger partial charge in [0.1, 0.15) is 0 Å². The first-order chi connectivity index (χ1) is 10.3. The number of fused-ring (bicyclic) bond motifs is 1. The molecular formula is C16H23N3OS. The van der Waals surface area contributed by atoms with Crippen molar-refractivity contribution >= 4 is 17.4 Å². The van der Waals surface area contributed by atoms with Crippen LogP contribution in [0, 0.1) is 0 Å². The van der Waals surface area contributed by atoms with Crippen molar-refractivity contribution in [3.05, 3.63) is 21.9 Å². The van der Waals surface area contributed by atoms with Crippen LogP contribution in [0.1, 0.15) is 36.1 Å². The largest absolute Gasteiger partial charge is 0.335 e. The second-order valence-corrected chi connectivity index (χ2v) is 7.58. The zero-order valence-corrected chi connectivity index (χ0v) is 13.2. The van der Waals surface area contributed by atoms with Gasteiger partial charge in [-0.2, -0.15) is 0 Å². The summed E-state index contributed by atoms with van der Waals surface area (Å²) in [6.07, 6.45) is 6.04. The standard InChI is InChI=1S/C16H23N3OS/c20-16(17-13-3-1-2-4-13)19-10-14(11-19)18-7-5-15-12(9-18)6-8-21-15/h6,8,13-14H,1-5,7,9-11H2,(H,17,20). The summed E-state index contributed by atoms with van der Waals surface area (Å²) in [5, 5.41) is 5.39. The smallest absolute Gasteiger partial charge is 0.317 e. The molecule has 114 valence electrons. The maximum atomic E-state index is 12.2. The lowest BCUT2D eigenvalue weighted by molar-refractivity contribution is 0.0479. The Morgan fingerprint density at radius 3 is 2.90 bits per heavy atom. The molecule has 4 rings (SSSR count). The summed E-state index contributed by atoms with van der Waals surface area (Å²) >= 11 is 1.89. The van der Waals surface area contributed by atoms with Gasteiger partial charge in [0.2, 0.25) is 0 Å². The van der Waals surface area contributed by atoms with Crippen LogP contribution in [-0.4, -0.2) is 47.5 Å². The van der Waals surface area contributed by atoms with Gasteiger partial charge in [0.25, 0.3) is 0 Å². The molecular weight excluding hydrogens is 282 g/mol. The van der Waals surface area contributed by atoms with Crippen molar-refractivity contribution < 1.29 is 4.79 Å². The van der Waals surface area contributed by atoms with Gasteiger partial charge in [-0.1, -0.05) is 12.8 Å². The van der Waals surface area contributed by atoms with E-state index in [4.69, 9.17) is 0 Å². The summed E-state index contributed by atoms with van der Waals surface area (Å²) in [4.78, 5) is 18.2. The number of hydrogen-bond acceptors (Lipinski definition) is 3. The number of nitrogens with one attached hydrogen (secondary N) is 1. The topological polar surface area (TPSA) is 35.6 Å². The maximum Gasteiger partial charge on any atom is 0.317 e. The fourth-order valence-corrected chi connectivity index (χ4v) is 4.66. The maximum absolute atomic E-state index is 12.2. The fraction of sp³-hybridized carbons (Fsp3) is 0.688. The highest BCUT2D eigenvalue weighted by Gasteiger charge is 2.36. The Morgan fingerprint density at radius 2 is 2.10 bits per heavy atom. The van der Waals surface area contributed by atoms with E-state index < -0.39 is 0 Å². The fourth-order valence-electron chi connectivity index (χ4n) is 3.77. The predicted octanol–water partition coefficient (Wildman–Crippen LogP) is 2.44. The van der Waals surface area contributed by atoms with Gasteiger partial charge in [-0.3, -0.25) is 4.90 Å². The molecule has 0 radical (unpaired) electrons. The number of amides is 2. The Balaban J connectivity index is 1.26. The predicted molar refractivity (Wildman–Crippen MR) is 84.6 cm³/mol. The zero-order valence-electron chi connectivity index (χ0n) is 12.4. The molecule has 1 aromatic rings. The number of carbonyl (C=O) groups is 1. The molecule has 1 aliphatic carbocycles. The molecule has 5 heteroatoms. The van der Waals surface area contributed by atoms with Crippen LogP contribution in [0.25, 0.3) is 0 Å². The van der Waals surface area contributed by atoms with Crippen molar-refractivity contribution in [2.45, 2.75) is 50.7 Å². The highest BCUT2D eigenvalue weighted by Crippen LogP contribution is 2.27. The summed E-state index contributed by atoms with van der Waals surface area (Å²) in [7, 11) is 0. The molecule has 1 saturated carbocycles. The minimum absolute atomic E-state index is 0.159. The quantitative estimate of drug-likeness (QED) is 0.911. The molecule has 21 heavy (non-hydrogen) atoms. The summed E-state index contributed by atoms with van der Waals surface area (Å²) in [6, 6.07) is 3.41. The minimum atomic E-state index is 0.159. The lowest BCUT2D eigenvalue weighted by Gasteiger charge is -2.46. The monoisotopic (exact) mass is 305 g/mol. The van der Waals surface area contributed by atoms with Gasteiger partial charge >= 0.3 is 6.03 Å². The molecule has 3 heterocycles. The third-order valence-corrected chi connectivity index (χ3v) is 6.21. The molecule has 0 atom stereocenters. The van der Waals surface area contributed by atoms with Gasteiger partial charge < -0.3 is 10.2 Å². The number of thiophene rings is 1. The first kappa shape index (κ1) is 13.6. The molecule has 1 N–H and O–H groups in total. The van der Waals surface area contributed by atoms with Crippen LogP contribution >= 0.6 is 11.3 Å². The van der Waals surface area contributed by atoms with Crippen molar-refractivity contribution in [1.29, 1.82) is 0 Å². The van der Waals surface area contributed by atoms with E-state index in [0.29, 0.717) is 12.1 Å². The molecule has 2 amide bonds. The Labute approximate surface area is 130 Å². The molecule has 2 fully saturated rings. The highest BCUT2D eigenvalue weighted by molar-refractivity contribution is 7.10. The van der Waals surface area contributed by atoms with Gasteiger partial charge in [0.05, 0.1) is 0 Å². The Kier molecular flexibility index (Phi) is 3.63. The number of carbonyl (C=O) groups excluding carboxylic acids is 1. The molecule has 4 nitrogen and oxygen atoms in total. The van der Waals surface area contributed by atoms with E-state index in [1.807, 2.05) is 16.2 Å². The van der Waals surface area contributed by atoms with Crippen molar-refractivity contribution in [2.75, 3.05) is 19.6 Å². The van der Waals surface area contributed by atoms with E-state index in [9.17, 15) is 4.79 Å². The van der Waals surface area contributed by atoms with Crippen molar-refractivity contribution in [2.24, 2.45) is 0 Å². The van der Waals surface area contributed by atoms with Crippen LogP contribution in [0.3, 0.4) is 0 Å². The third kappa shape index (κ3) is 2.69. The molecule has 0 bridgehead atoms. The van der Waals surface area contributed by atoms with Gasteiger partial charge in [-0.05, 0) is 36.3 Å². The second kappa shape index (κ2) is 5.61. The number of urea groups is 1. The van der Waals surface area contributed by atoms with E-state index in [1.54, 1.807) is 4.88 Å². The number of rotatable bonds is 2. The molecule has 0 spiro atoms. The van der Waals surface area contributed by atoms with E-state index in [1.165, 1.54) is 24.8 Å². The zero-order chi connectivity index (χ0) is 14.2. The average Bonchev–Trinajstić information content (AvgIpc) is 3.07. The Hall–Kier alpha value is -1.07. The first-order valence-electron chi connectivity index (χ1n) is 8.14. The van der Waals surface area contributed by atoms with Crippen LogP contribution in [0.15, 0.2) is 11.4 Å². The van der Waals surface area contributed by atoms with Crippen molar-refractivity contribution in [1.82, 2.24) is 15.1 Å². The van der Waals surface area contributed by atoms with E-state index in [0.717, 1.165) is 39.0 Å². The van der Waals surface area contributed by atoms with Gasteiger partial charge in [0, 0.05) is 43.1 Å². The third-order valence-electron chi connectivity index (χ3n) is 5.19. The SMILES string of the molecule is O=C(NC1CCCC1)N1CC(N2CCc3sccc3C2)C1. The van der Waals surface area contributed by atoms with Crippen LogP contribution in [0.2, 0.25) is 0 Å². The van der Waals surface area contributed by atoms with Crippen LogP contribution in [-0.2, 0) is 13.0 Å². The Morgan fingerprint density at radius 1 is 1.29 bits per heavy atom. The van der Waals surface area contributed by atoms with Crippen molar-refractivity contribution in [3.8, 4) is 0 Å². The average molecular weight is 305 g/mol. The lowest BCUT2D eigenvalue weighted by atomic mass is 10.0. The van der Waals surface area contributed by atoms with Crippen LogP contribution < -0.4 is 5.32 Å². The normalized spacial score (nSPS) is 23.9. The molecule has 2 aliphatic heterocycles. The van der Waals surface area contributed by atoms with E-state index in [-0.39, 0.29) is 6.03 Å². The summed E-state index contributed by atoms with van der Waals surface area (Å²) in [5.74, 6) is 0. The highest BCUT2D eigenvalue weighted by atomic mass is 32.1. The number of nitrogens with zero attached hydrogens (tertiary/aromatic N) is 2. The molecule has 1 saturated heterocycles. The number of hydrogen-bond donors (Lipinski definition) is 1. The summed E-state index contributed by atoms with van der Waals surface area (Å²) in [6.45, 7) is 4.02. The van der Waals surface area contributed by atoms with Gasteiger partial charge in [-0.25, -0.2) is 4.79 Å². The number of likely N-dealkylation sites (tertiary alicyclic amines) is 1.